The molecule has 19 heavy (non-hydrogen) atoms. The van der Waals surface area contributed by atoms with Gasteiger partial charge in [0.2, 0.25) is 0 Å². The van der Waals surface area contributed by atoms with Gasteiger partial charge >= 0.3 is 0 Å². The Kier molecular flexibility index (Phi) is 5.97. The van der Waals surface area contributed by atoms with E-state index in [9.17, 15) is 0 Å². The molecule has 1 aliphatic rings. The maximum absolute atomic E-state index is 6.20. The monoisotopic (exact) mass is 391 g/mol. The average Bonchev–Trinajstić information content (AvgIpc) is 2.39. The second-order valence-corrected chi connectivity index (χ2v) is 7.33. The topological polar surface area (TPSA) is 12.0 Å². The molecule has 0 radical (unpaired) electrons. The molecule has 1 aliphatic carbocycles. The predicted octanol–water partition coefficient (Wildman–Crippen LogP) is 5.42. The number of halogens is 2. The summed E-state index contributed by atoms with van der Waals surface area (Å²) in [6, 6.07) is 6.72. The fourth-order valence-corrected chi connectivity index (χ4v) is 4.14. The summed E-state index contributed by atoms with van der Waals surface area (Å²) in [6.07, 6.45) is 5.43. The first-order valence-corrected chi connectivity index (χ1v) is 8.75. The van der Waals surface area contributed by atoms with E-state index in [1.165, 1.54) is 34.8 Å². The van der Waals surface area contributed by atoms with Crippen LogP contribution in [0, 0.1) is 15.4 Å². The van der Waals surface area contributed by atoms with Gasteiger partial charge in [-0.1, -0.05) is 38.3 Å². The standard InChI is InChI=1S/C16H23ClIN/c1-3-19-16(12-6-4-5-11(2)9-12)14-10-13(17)7-8-15(14)18/h7-8,10-12,16,19H,3-6,9H2,1-2H3. The molecule has 3 heteroatoms. The molecule has 1 fully saturated rings. The number of hydrogen-bond acceptors (Lipinski definition) is 1. The van der Waals surface area contributed by atoms with Crippen LogP contribution < -0.4 is 5.32 Å². The van der Waals surface area contributed by atoms with Crippen molar-refractivity contribution in [2.75, 3.05) is 6.54 Å². The molecular weight excluding hydrogens is 369 g/mol. The minimum absolute atomic E-state index is 0.457. The zero-order valence-corrected chi connectivity index (χ0v) is 14.7. The van der Waals surface area contributed by atoms with Crippen molar-refractivity contribution in [2.24, 2.45) is 11.8 Å². The van der Waals surface area contributed by atoms with E-state index in [0.29, 0.717) is 6.04 Å². The molecule has 1 aromatic carbocycles. The third-order valence-corrected chi connectivity index (χ3v) is 5.38. The lowest BCUT2D eigenvalue weighted by molar-refractivity contribution is 0.225. The Morgan fingerprint density at radius 1 is 1.42 bits per heavy atom. The lowest BCUT2D eigenvalue weighted by Crippen LogP contribution is -2.31. The van der Waals surface area contributed by atoms with Crippen molar-refractivity contribution in [3.8, 4) is 0 Å². The zero-order chi connectivity index (χ0) is 13.8. The van der Waals surface area contributed by atoms with Crippen molar-refractivity contribution in [2.45, 2.75) is 45.6 Å². The van der Waals surface area contributed by atoms with E-state index in [1.807, 2.05) is 6.07 Å². The summed E-state index contributed by atoms with van der Waals surface area (Å²) < 4.78 is 1.33. The van der Waals surface area contributed by atoms with Crippen molar-refractivity contribution >= 4 is 34.2 Å². The van der Waals surface area contributed by atoms with Gasteiger partial charge in [0, 0.05) is 14.6 Å². The van der Waals surface area contributed by atoms with Gasteiger partial charge in [0.05, 0.1) is 0 Å². The van der Waals surface area contributed by atoms with Crippen LogP contribution in [0.4, 0.5) is 0 Å². The minimum atomic E-state index is 0.457. The Morgan fingerprint density at radius 3 is 2.89 bits per heavy atom. The largest absolute Gasteiger partial charge is 0.310 e. The minimum Gasteiger partial charge on any atom is -0.310 e. The number of benzene rings is 1. The second-order valence-electron chi connectivity index (χ2n) is 5.73. The SMILES string of the molecule is CCNC(c1cc(Cl)ccc1I)C1CCCC(C)C1. The van der Waals surface area contributed by atoms with Crippen molar-refractivity contribution in [1.29, 1.82) is 0 Å². The molecule has 0 spiro atoms. The number of rotatable bonds is 4. The summed E-state index contributed by atoms with van der Waals surface area (Å²) in [5.41, 5.74) is 1.38. The van der Waals surface area contributed by atoms with Crippen LogP contribution in [0.15, 0.2) is 18.2 Å². The van der Waals surface area contributed by atoms with Crippen molar-refractivity contribution in [1.82, 2.24) is 5.32 Å². The van der Waals surface area contributed by atoms with E-state index in [4.69, 9.17) is 11.6 Å². The van der Waals surface area contributed by atoms with Gasteiger partial charge in [0.25, 0.3) is 0 Å². The highest BCUT2D eigenvalue weighted by Crippen LogP contribution is 2.39. The van der Waals surface area contributed by atoms with Gasteiger partial charge in [-0.3, -0.25) is 0 Å². The summed E-state index contributed by atoms with van der Waals surface area (Å²) >= 11 is 8.63. The third-order valence-electron chi connectivity index (χ3n) is 4.17. The van der Waals surface area contributed by atoms with Crippen LogP contribution in [0.25, 0.3) is 0 Å². The molecule has 0 amide bonds. The highest BCUT2D eigenvalue weighted by atomic mass is 127. The molecule has 0 aliphatic heterocycles. The van der Waals surface area contributed by atoms with E-state index >= 15 is 0 Å². The smallest absolute Gasteiger partial charge is 0.0410 e. The van der Waals surface area contributed by atoms with E-state index in [1.54, 1.807) is 0 Å². The summed E-state index contributed by atoms with van der Waals surface area (Å²) in [6.45, 7) is 5.59. The van der Waals surface area contributed by atoms with Crippen LogP contribution in [-0.2, 0) is 0 Å². The molecule has 1 saturated carbocycles. The summed E-state index contributed by atoms with van der Waals surface area (Å²) in [5, 5.41) is 4.54. The molecule has 1 nitrogen and oxygen atoms in total. The Morgan fingerprint density at radius 2 is 2.21 bits per heavy atom. The average molecular weight is 392 g/mol. The molecule has 1 N–H and O–H groups in total. The molecule has 3 unspecified atom stereocenters. The fraction of sp³-hybridized carbons (Fsp3) is 0.625. The first-order chi connectivity index (χ1) is 9.11. The van der Waals surface area contributed by atoms with E-state index in [2.05, 4.69) is 53.9 Å². The van der Waals surface area contributed by atoms with Crippen LogP contribution in [0.1, 0.15) is 51.1 Å². The molecule has 1 aromatic rings. The first-order valence-electron chi connectivity index (χ1n) is 7.30. The van der Waals surface area contributed by atoms with Gasteiger partial charge in [0.15, 0.2) is 0 Å². The van der Waals surface area contributed by atoms with Crippen molar-refractivity contribution in [3.63, 3.8) is 0 Å². The molecule has 3 atom stereocenters. The number of nitrogens with one attached hydrogen (secondary N) is 1. The number of hydrogen-bond donors (Lipinski definition) is 1. The van der Waals surface area contributed by atoms with Crippen molar-refractivity contribution < 1.29 is 0 Å². The van der Waals surface area contributed by atoms with Crippen LogP contribution in [-0.4, -0.2) is 6.54 Å². The molecule has 106 valence electrons. The summed E-state index contributed by atoms with van der Waals surface area (Å²) in [5.74, 6) is 1.60. The lowest BCUT2D eigenvalue weighted by Gasteiger charge is -2.34. The Balaban J connectivity index is 2.25. The molecule has 0 heterocycles. The molecule has 2 rings (SSSR count). The van der Waals surface area contributed by atoms with Crippen LogP contribution in [0.3, 0.4) is 0 Å². The van der Waals surface area contributed by atoms with Gasteiger partial charge in [-0.15, -0.1) is 0 Å². The third kappa shape index (κ3) is 4.08. The summed E-state index contributed by atoms with van der Waals surface area (Å²) in [4.78, 5) is 0. The molecule has 0 saturated heterocycles. The van der Waals surface area contributed by atoms with Crippen LogP contribution in [0.2, 0.25) is 5.02 Å². The van der Waals surface area contributed by atoms with Gasteiger partial charge in [-0.2, -0.15) is 0 Å². The van der Waals surface area contributed by atoms with Gasteiger partial charge in [-0.05, 0) is 77.6 Å². The van der Waals surface area contributed by atoms with Crippen molar-refractivity contribution in [3.05, 3.63) is 32.4 Å². The van der Waals surface area contributed by atoms with Gasteiger partial charge in [-0.25, -0.2) is 0 Å². The van der Waals surface area contributed by atoms with E-state index in [-0.39, 0.29) is 0 Å². The highest BCUT2D eigenvalue weighted by Gasteiger charge is 2.28. The maximum atomic E-state index is 6.20. The van der Waals surface area contributed by atoms with Crippen LogP contribution >= 0.6 is 34.2 Å². The lowest BCUT2D eigenvalue weighted by atomic mass is 9.76. The van der Waals surface area contributed by atoms with Gasteiger partial charge < -0.3 is 5.32 Å². The second kappa shape index (κ2) is 7.28. The first kappa shape index (κ1) is 15.6. The van der Waals surface area contributed by atoms with E-state index < -0.39 is 0 Å². The normalized spacial score (nSPS) is 25.3. The van der Waals surface area contributed by atoms with Crippen LogP contribution in [0.5, 0.6) is 0 Å². The Hall–Kier alpha value is 0.200. The molecule has 0 bridgehead atoms. The zero-order valence-electron chi connectivity index (χ0n) is 11.8. The molecular formula is C16H23ClIN. The Labute approximate surface area is 135 Å². The highest BCUT2D eigenvalue weighted by molar-refractivity contribution is 14.1. The van der Waals surface area contributed by atoms with Gasteiger partial charge in [0.1, 0.15) is 0 Å². The van der Waals surface area contributed by atoms with E-state index in [0.717, 1.165) is 23.4 Å². The quantitative estimate of drug-likeness (QED) is 0.676. The Bertz CT molecular complexity index is 421. The fourth-order valence-electron chi connectivity index (χ4n) is 3.29. The predicted molar refractivity (Wildman–Crippen MR) is 91.7 cm³/mol. The maximum Gasteiger partial charge on any atom is 0.0410 e. The summed E-state index contributed by atoms with van der Waals surface area (Å²) in [7, 11) is 0. The molecule has 0 aromatic heterocycles.